The number of likely N-dealkylation sites (tertiary alicyclic amines) is 2. The number of rotatable bonds is 7. The Morgan fingerprint density at radius 3 is 2.41 bits per heavy atom. The Kier molecular flexibility index (Phi) is 8.70. The van der Waals surface area contributed by atoms with Crippen LogP contribution in [0.3, 0.4) is 0 Å². The smallest absolute Gasteiger partial charge is 0.262 e. The molecule has 2 atom stereocenters. The van der Waals surface area contributed by atoms with E-state index in [1.54, 1.807) is 37.6 Å². The predicted octanol–water partition coefficient (Wildman–Crippen LogP) is 1.91. The van der Waals surface area contributed by atoms with Crippen molar-refractivity contribution in [1.82, 2.24) is 29.9 Å². The zero-order valence-electron chi connectivity index (χ0n) is 30.0. The van der Waals surface area contributed by atoms with Gasteiger partial charge in [0.05, 0.1) is 37.3 Å². The molecule has 0 bridgehead atoms. The maximum Gasteiger partial charge on any atom is 0.262 e. The van der Waals surface area contributed by atoms with E-state index in [4.69, 9.17) is 9.47 Å². The number of amides is 5. The van der Waals surface area contributed by atoms with E-state index in [1.807, 2.05) is 36.3 Å². The van der Waals surface area contributed by atoms with Crippen LogP contribution in [0, 0.1) is 17.3 Å². The monoisotopic (exact) mass is 730 g/mol. The summed E-state index contributed by atoms with van der Waals surface area (Å²) in [6, 6.07) is 9.47. The van der Waals surface area contributed by atoms with Crippen molar-refractivity contribution in [3.05, 3.63) is 93.9 Å². The number of methoxy groups -OCH3 is 2. The zero-order valence-corrected chi connectivity index (χ0v) is 30.0. The highest BCUT2D eigenvalue weighted by Crippen LogP contribution is 2.44. The second-order valence-electron chi connectivity index (χ2n) is 14.5. The molecule has 54 heavy (non-hydrogen) atoms. The minimum atomic E-state index is -1.04. The Labute approximate surface area is 311 Å². The minimum absolute atomic E-state index is 0.0130. The van der Waals surface area contributed by atoms with E-state index in [0.717, 1.165) is 45.8 Å². The fourth-order valence-electron chi connectivity index (χ4n) is 8.21. The molecule has 14 heteroatoms. The fourth-order valence-corrected chi connectivity index (χ4v) is 8.21. The first-order valence-electron chi connectivity index (χ1n) is 17.6. The summed E-state index contributed by atoms with van der Waals surface area (Å²) < 4.78 is 11.7. The van der Waals surface area contributed by atoms with E-state index in [0.29, 0.717) is 36.7 Å². The lowest BCUT2D eigenvalue weighted by Gasteiger charge is -2.60. The lowest BCUT2D eigenvalue weighted by Crippen LogP contribution is -2.72. The lowest BCUT2D eigenvalue weighted by atomic mass is 9.72. The van der Waals surface area contributed by atoms with Crippen LogP contribution in [0.5, 0.6) is 11.5 Å². The van der Waals surface area contributed by atoms with Crippen LogP contribution in [-0.4, -0.2) is 113 Å². The summed E-state index contributed by atoms with van der Waals surface area (Å²) in [5, 5.41) is 12.9. The first kappa shape index (κ1) is 35.0. The van der Waals surface area contributed by atoms with Crippen molar-refractivity contribution in [3.8, 4) is 23.3 Å². The van der Waals surface area contributed by atoms with Gasteiger partial charge in [0.2, 0.25) is 17.7 Å². The van der Waals surface area contributed by atoms with Crippen LogP contribution in [0.4, 0.5) is 0 Å². The number of carbonyl (C=O) groups is 5. The van der Waals surface area contributed by atoms with Crippen molar-refractivity contribution >= 4 is 35.1 Å². The van der Waals surface area contributed by atoms with Gasteiger partial charge >= 0.3 is 0 Å². The third-order valence-corrected chi connectivity index (χ3v) is 10.9. The molecule has 2 aromatic carbocycles. The summed E-state index contributed by atoms with van der Waals surface area (Å²) in [6.45, 7) is 3.55. The van der Waals surface area contributed by atoms with Gasteiger partial charge in [0, 0.05) is 86.9 Å². The number of carbonyl (C=O) groups excluding carboxylic acids is 5. The predicted molar refractivity (Wildman–Crippen MR) is 192 cm³/mol. The molecule has 8 rings (SSSR count). The first-order valence-corrected chi connectivity index (χ1v) is 17.6. The molecule has 6 heterocycles. The largest absolute Gasteiger partial charge is 0.496 e. The SMILES string of the molecule is COc1cc(C2=CN(C)C(O)c3cnccc32)cc(OC)c1CN1CC2(C1)CN(C(=O)CC#Cc1ccc3c(c1)C(=O)N(C1CCC(=O)NC1=O)C3=O)C2. The van der Waals surface area contributed by atoms with Gasteiger partial charge in [-0.15, -0.1) is 0 Å². The van der Waals surface area contributed by atoms with Crippen LogP contribution in [0.25, 0.3) is 5.57 Å². The van der Waals surface area contributed by atoms with Crippen molar-refractivity contribution in [2.24, 2.45) is 5.41 Å². The summed E-state index contributed by atoms with van der Waals surface area (Å²) in [5.41, 5.74) is 5.20. The second kappa shape index (κ2) is 13.4. The summed E-state index contributed by atoms with van der Waals surface area (Å²) in [5.74, 6) is 4.89. The third-order valence-electron chi connectivity index (χ3n) is 10.9. The van der Waals surface area contributed by atoms with Gasteiger partial charge < -0.3 is 24.4 Å². The molecule has 14 nitrogen and oxygen atoms in total. The number of piperidine rings is 1. The maximum atomic E-state index is 13.1. The van der Waals surface area contributed by atoms with Gasteiger partial charge in [-0.05, 0) is 53.9 Å². The van der Waals surface area contributed by atoms with Gasteiger partial charge in [-0.25, -0.2) is 0 Å². The molecule has 276 valence electrons. The molecule has 5 aliphatic heterocycles. The van der Waals surface area contributed by atoms with Crippen molar-refractivity contribution in [3.63, 3.8) is 0 Å². The number of hydrogen-bond donors (Lipinski definition) is 2. The highest BCUT2D eigenvalue weighted by atomic mass is 16.5. The van der Waals surface area contributed by atoms with E-state index >= 15 is 0 Å². The molecule has 2 unspecified atom stereocenters. The summed E-state index contributed by atoms with van der Waals surface area (Å²) in [6.07, 6.45) is 4.66. The van der Waals surface area contributed by atoms with Gasteiger partial charge in [-0.2, -0.15) is 0 Å². The Hall–Kier alpha value is -6.04. The molecule has 0 saturated carbocycles. The molecule has 5 aliphatic rings. The minimum Gasteiger partial charge on any atom is -0.496 e. The average molecular weight is 731 g/mol. The summed E-state index contributed by atoms with van der Waals surface area (Å²) in [4.78, 5) is 73.9. The van der Waals surface area contributed by atoms with Crippen LogP contribution in [0.15, 0.2) is 55.0 Å². The number of hydrogen-bond acceptors (Lipinski definition) is 11. The maximum absolute atomic E-state index is 13.1. The number of ether oxygens (including phenoxy) is 2. The molecule has 1 aromatic heterocycles. The van der Waals surface area contributed by atoms with E-state index in [1.165, 1.54) is 12.1 Å². The van der Waals surface area contributed by atoms with Crippen LogP contribution in [0.2, 0.25) is 0 Å². The number of nitrogens with one attached hydrogen (secondary N) is 1. The highest BCUT2D eigenvalue weighted by Gasteiger charge is 2.53. The fraction of sp³-hybridized carbons (Fsp3) is 0.350. The number of benzene rings is 2. The normalized spacial score (nSPS) is 21.3. The standard InChI is InChI=1S/C40H38N6O8/c1-43-17-29(25-11-12-41-16-28(25)37(43)50)24-14-32(53-2)30(33(15-24)54-3)18-44-19-40(20-44)21-45(22-40)35(48)6-4-5-23-7-8-26-27(13-23)39(52)46(38(26)51)31-9-10-34(47)42-36(31)49/h7-8,11-17,31,37,50H,6,9-10,18-22H2,1-3H3,(H,42,47,49). The molecular weight excluding hydrogens is 692 g/mol. The second-order valence-corrected chi connectivity index (χ2v) is 14.5. The highest BCUT2D eigenvalue weighted by molar-refractivity contribution is 6.23. The van der Waals surface area contributed by atoms with Gasteiger partial charge in [0.15, 0.2) is 6.23 Å². The van der Waals surface area contributed by atoms with Crippen molar-refractivity contribution in [2.45, 2.75) is 38.1 Å². The Bertz CT molecular complexity index is 2200. The van der Waals surface area contributed by atoms with Crippen LogP contribution in [-0.2, 0) is 20.9 Å². The Balaban J connectivity index is 0.866. The van der Waals surface area contributed by atoms with E-state index < -0.39 is 35.9 Å². The molecule has 3 fully saturated rings. The molecule has 2 N–H and O–H groups in total. The number of aromatic nitrogens is 1. The average Bonchev–Trinajstić information content (AvgIpc) is 3.38. The molecule has 0 aliphatic carbocycles. The van der Waals surface area contributed by atoms with Crippen molar-refractivity contribution in [1.29, 1.82) is 0 Å². The topological polar surface area (TPSA) is 162 Å². The van der Waals surface area contributed by atoms with Crippen molar-refractivity contribution < 1.29 is 38.6 Å². The zero-order chi connectivity index (χ0) is 37.9. The van der Waals surface area contributed by atoms with Crippen LogP contribution in [0.1, 0.15) is 74.0 Å². The van der Waals surface area contributed by atoms with Gasteiger partial charge in [0.1, 0.15) is 17.5 Å². The number of fused-ring (bicyclic) bond motifs is 2. The summed E-state index contributed by atoms with van der Waals surface area (Å²) >= 11 is 0. The van der Waals surface area contributed by atoms with Crippen LogP contribution >= 0.6 is 0 Å². The molecule has 3 saturated heterocycles. The lowest BCUT2D eigenvalue weighted by molar-refractivity contribution is -0.158. The van der Waals surface area contributed by atoms with E-state index in [2.05, 4.69) is 27.0 Å². The van der Waals surface area contributed by atoms with Gasteiger partial charge in [0.25, 0.3) is 11.8 Å². The molecule has 0 radical (unpaired) electrons. The number of aliphatic hydroxyl groups excluding tert-OH is 1. The number of nitrogens with zero attached hydrogens (tertiary/aromatic N) is 5. The van der Waals surface area contributed by atoms with E-state index in [9.17, 15) is 29.1 Å². The quantitative estimate of drug-likeness (QED) is 0.270. The summed E-state index contributed by atoms with van der Waals surface area (Å²) in [7, 11) is 5.10. The Morgan fingerprint density at radius 1 is 0.981 bits per heavy atom. The molecule has 5 amide bonds. The Morgan fingerprint density at radius 2 is 1.70 bits per heavy atom. The number of pyridine rings is 1. The van der Waals surface area contributed by atoms with E-state index in [-0.39, 0.29) is 41.7 Å². The van der Waals surface area contributed by atoms with Crippen LogP contribution < -0.4 is 14.8 Å². The van der Waals surface area contributed by atoms with Gasteiger partial charge in [-0.3, -0.25) is 44.1 Å². The first-order chi connectivity index (χ1) is 26.0. The number of imide groups is 2. The third kappa shape index (κ3) is 5.95. The van der Waals surface area contributed by atoms with Crippen molar-refractivity contribution in [2.75, 3.05) is 47.4 Å². The molecule has 3 aromatic rings. The molecular formula is C40H38N6O8. The van der Waals surface area contributed by atoms with Gasteiger partial charge in [-0.1, -0.05) is 11.8 Å². The number of aliphatic hydroxyl groups is 1. The molecule has 1 spiro atoms.